The summed E-state index contributed by atoms with van der Waals surface area (Å²) in [6.07, 6.45) is 6.38. The smallest absolute Gasteiger partial charge is 0.251 e. The van der Waals surface area contributed by atoms with Gasteiger partial charge in [-0.2, -0.15) is 0 Å². The second kappa shape index (κ2) is 12.1. The number of nitrogens with one attached hydrogen (secondary N) is 4. The van der Waals surface area contributed by atoms with Gasteiger partial charge in [-0.3, -0.25) is 14.6 Å². The average Bonchev–Trinajstić information content (AvgIpc) is 2.86. The third-order valence-electron chi connectivity index (χ3n) is 6.56. The van der Waals surface area contributed by atoms with Gasteiger partial charge >= 0.3 is 0 Å². The molecule has 2 heterocycles. The van der Waals surface area contributed by atoms with Crippen LogP contribution >= 0.6 is 0 Å². The third-order valence-corrected chi connectivity index (χ3v) is 6.56. The molecule has 0 atom stereocenters. The quantitative estimate of drug-likeness (QED) is 0.277. The lowest BCUT2D eigenvalue weighted by Crippen LogP contribution is -2.44. The molecule has 10 nitrogen and oxygen atoms in total. The molecule has 2 aliphatic heterocycles. The number of fused-ring (bicyclic) bond motifs is 1. The Balaban J connectivity index is 1.36. The number of hydrogen-bond donors (Lipinski definition) is 5. The van der Waals surface area contributed by atoms with Crippen LogP contribution in [-0.4, -0.2) is 74.3 Å². The van der Waals surface area contributed by atoms with Gasteiger partial charge in [0.15, 0.2) is 17.3 Å². The maximum atomic E-state index is 12.7. The van der Waals surface area contributed by atoms with Crippen LogP contribution in [0.4, 0.5) is 5.69 Å². The fourth-order valence-corrected chi connectivity index (χ4v) is 4.55. The number of amides is 2. The predicted octanol–water partition coefficient (Wildman–Crippen LogP) is 1.16. The molecule has 0 unspecified atom stereocenters. The van der Waals surface area contributed by atoms with Crippen molar-refractivity contribution in [2.45, 2.75) is 51.1 Å². The molecule has 0 spiro atoms. The number of nitrogens with zero attached hydrogens (tertiary/aromatic N) is 2. The fourth-order valence-electron chi connectivity index (χ4n) is 4.55. The summed E-state index contributed by atoms with van der Waals surface area (Å²) in [6, 6.07) is 5.69. The maximum Gasteiger partial charge on any atom is 0.251 e. The van der Waals surface area contributed by atoms with E-state index in [2.05, 4.69) is 31.2 Å². The van der Waals surface area contributed by atoms with E-state index in [4.69, 9.17) is 10.5 Å². The van der Waals surface area contributed by atoms with Gasteiger partial charge in [-0.05, 0) is 56.8 Å². The highest BCUT2D eigenvalue weighted by Gasteiger charge is 2.22. The molecule has 10 heteroatoms. The zero-order valence-electron chi connectivity index (χ0n) is 20.4. The van der Waals surface area contributed by atoms with Crippen LogP contribution in [0, 0.1) is 0 Å². The average molecular weight is 484 g/mol. The van der Waals surface area contributed by atoms with Crippen molar-refractivity contribution in [3.05, 3.63) is 35.3 Å². The number of rotatable bonds is 8. The largest absolute Gasteiger partial charge is 0.450 e. The van der Waals surface area contributed by atoms with E-state index in [0.29, 0.717) is 35.1 Å². The predicted molar refractivity (Wildman–Crippen MR) is 137 cm³/mol. The lowest BCUT2D eigenvalue weighted by atomic mass is 9.92. The fraction of sp³-hybridized carbons (Fsp3) is 0.560. The molecule has 1 saturated carbocycles. The standard InChI is InChI=1S/C25H37N7O3/c1-17(33)30-24-23(16-29-20-6-4-19(26)5-7-20)35-22-8-3-18(15-21(22)31-24)25(34)28-9-2-12-32-13-10-27-11-14-32/h3,8,15-16,19-20,27,31H,2,4-7,9-14,26H2,1H3,(H,28,34)(H,30,33). The first-order valence-electron chi connectivity index (χ1n) is 12.6. The Bertz CT molecular complexity index is 964. The number of allylic oxidation sites excluding steroid dienone is 1. The Labute approximate surface area is 206 Å². The summed E-state index contributed by atoms with van der Waals surface area (Å²) in [5.74, 6) is 1.05. The van der Waals surface area contributed by atoms with Gasteiger partial charge in [0.2, 0.25) is 5.91 Å². The van der Waals surface area contributed by atoms with Crippen LogP contribution in [0.15, 0.2) is 34.8 Å². The number of anilines is 1. The van der Waals surface area contributed by atoms with Crippen molar-refractivity contribution in [1.82, 2.24) is 20.9 Å². The van der Waals surface area contributed by atoms with Crippen LogP contribution in [-0.2, 0) is 4.79 Å². The Morgan fingerprint density at radius 2 is 2.00 bits per heavy atom. The van der Waals surface area contributed by atoms with Gasteiger partial charge in [-0.15, -0.1) is 0 Å². The summed E-state index contributed by atoms with van der Waals surface area (Å²) in [5.41, 5.74) is 7.13. The van der Waals surface area contributed by atoms with Gasteiger partial charge in [0, 0.05) is 51.3 Å². The number of ether oxygens (including phenoxy) is 1. The number of benzene rings is 1. The molecule has 1 aliphatic carbocycles. The number of aliphatic imine (C=N–C) groups is 1. The lowest BCUT2D eigenvalue weighted by Gasteiger charge is -2.27. The minimum absolute atomic E-state index is 0.136. The van der Waals surface area contributed by atoms with Crippen molar-refractivity contribution < 1.29 is 14.3 Å². The Hall–Kier alpha value is -2.95. The molecule has 190 valence electrons. The molecule has 3 aliphatic rings. The molecule has 2 amide bonds. The van der Waals surface area contributed by atoms with Crippen molar-refractivity contribution in [2.75, 3.05) is 44.6 Å². The van der Waals surface area contributed by atoms with Gasteiger partial charge < -0.3 is 36.6 Å². The molecule has 1 aromatic rings. The molecule has 1 aromatic carbocycles. The number of carbonyl (C=O) groups excluding carboxylic acids is 2. The summed E-state index contributed by atoms with van der Waals surface area (Å²) in [7, 11) is 0. The summed E-state index contributed by atoms with van der Waals surface area (Å²) in [5, 5.41) is 12.3. The first-order valence-corrected chi connectivity index (χ1v) is 12.6. The molecule has 2 fully saturated rings. The van der Waals surface area contributed by atoms with Crippen LogP contribution in [0.3, 0.4) is 0 Å². The molecule has 35 heavy (non-hydrogen) atoms. The van der Waals surface area contributed by atoms with Crippen molar-refractivity contribution in [3.63, 3.8) is 0 Å². The van der Waals surface area contributed by atoms with E-state index >= 15 is 0 Å². The second-order valence-electron chi connectivity index (χ2n) is 9.41. The van der Waals surface area contributed by atoms with Gasteiger partial charge in [0.05, 0.1) is 17.9 Å². The minimum Gasteiger partial charge on any atom is -0.450 e. The number of hydrogen-bond acceptors (Lipinski definition) is 8. The zero-order valence-corrected chi connectivity index (χ0v) is 20.4. The van der Waals surface area contributed by atoms with Crippen LogP contribution in [0.2, 0.25) is 0 Å². The van der Waals surface area contributed by atoms with E-state index in [1.165, 1.54) is 6.92 Å². The van der Waals surface area contributed by atoms with Gasteiger partial charge in [0.1, 0.15) is 0 Å². The van der Waals surface area contributed by atoms with Crippen molar-refractivity contribution >= 4 is 23.7 Å². The highest BCUT2D eigenvalue weighted by Crippen LogP contribution is 2.32. The van der Waals surface area contributed by atoms with E-state index in [1.54, 1.807) is 24.4 Å². The van der Waals surface area contributed by atoms with Crippen LogP contribution < -0.4 is 31.7 Å². The monoisotopic (exact) mass is 483 g/mol. The van der Waals surface area contributed by atoms with Crippen LogP contribution in [0.5, 0.6) is 5.75 Å². The molecule has 0 aromatic heterocycles. The second-order valence-corrected chi connectivity index (χ2v) is 9.41. The van der Waals surface area contributed by atoms with E-state index < -0.39 is 0 Å². The topological polar surface area (TPSA) is 133 Å². The number of carbonyl (C=O) groups is 2. The summed E-state index contributed by atoms with van der Waals surface area (Å²) >= 11 is 0. The molecular formula is C25H37N7O3. The van der Waals surface area contributed by atoms with Crippen LogP contribution in [0.1, 0.15) is 49.4 Å². The number of nitrogens with two attached hydrogens (primary N) is 1. The highest BCUT2D eigenvalue weighted by molar-refractivity contribution is 5.96. The first kappa shape index (κ1) is 25.2. The summed E-state index contributed by atoms with van der Waals surface area (Å²) in [6.45, 7) is 7.18. The van der Waals surface area contributed by atoms with E-state index in [-0.39, 0.29) is 23.9 Å². The Morgan fingerprint density at radius 3 is 2.74 bits per heavy atom. The van der Waals surface area contributed by atoms with Gasteiger partial charge in [0.25, 0.3) is 5.91 Å². The molecule has 1 saturated heterocycles. The molecule has 6 N–H and O–H groups in total. The highest BCUT2D eigenvalue weighted by atomic mass is 16.5. The minimum atomic E-state index is -0.229. The normalized spacial score (nSPS) is 22.8. The van der Waals surface area contributed by atoms with Crippen molar-refractivity contribution in [3.8, 4) is 5.75 Å². The summed E-state index contributed by atoms with van der Waals surface area (Å²) in [4.78, 5) is 31.5. The molecule has 4 rings (SSSR count). The van der Waals surface area contributed by atoms with Crippen LogP contribution in [0.25, 0.3) is 0 Å². The van der Waals surface area contributed by atoms with E-state index in [1.807, 2.05) is 0 Å². The van der Waals surface area contributed by atoms with E-state index in [9.17, 15) is 9.59 Å². The molecular weight excluding hydrogens is 446 g/mol. The maximum absolute atomic E-state index is 12.7. The SMILES string of the molecule is CC(=O)NC1=C(C=NC2CCC(N)CC2)Oc2ccc(C(=O)NCCCN3CCNCC3)cc2N1. The van der Waals surface area contributed by atoms with E-state index in [0.717, 1.165) is 64.8 Å². The molecule has 0 bridgehead atoms. The van der Waals surface area contributed by atoms with Gasteiger partial charge in [-0.1, -0.05) is 0 Å². The Morgan fingerprint density at radius 1 is 1.23 bits per heavy atom. The zero-order chi connectivity index (χ0) is 24.6. The van der Waals surface area contributed by atoms with Crippen molar-refractivity contribution in [2.24, 2.45) is 10.7 Å². The first-order chi connectivity index (χ1) is 17.0. The summed E-state index contributed by atoms with van der Waals surface area (Å²) < 4.78 is 6.04. The molecule has 0 radical (unpaired) electrons. The lowest BCUT2D eigenvalue weighted by molar-refractivity contribution is -0.118. The third kappa shape index (κ3) is 7.27. The number of piperazine rings is 1. The Kier molecular flexibility index (Phi) is 8.73. The van der Waals surface area contributed by atoms with Crippen molar-refractivity contribution in [1.29, 1.82) is 0 Å². The van der Waals surface area contributed by atoms with Gasteiger partial charge in [-0.25, -0.2) is 0 Å².